The van der Waals surface area contributed by atoms with Crippen LogP contribution in [0.2, 0.25) is 0 Å². The van der Waals surface area contributed by atoms with Gasteiger partial charge in [-0.3, -0.25) is 4.79 Å². The van der Waals surface area contributed by atoms with E-state index >= 15 is 0 Å². The van der Waals surface area contributed by atoms with Crippen molar-refractivity contribution in [3.63, 3.8) is 0 Å². The van der Waals surface area contributed by atoms with Crippen molar-refractivity contribution in [2.24, 2.45) is 0 Å². The number of fused-ring (bicyclic) bond motifs is 1. The highest BCUT2D eigenvalue weighted by molar-refractivity contribution is 6.05. The quantitative estimate of drug-likeness (QED) is 0.825. The molecular weight excluding hydrogens is 302 g/mol. The van der Waals surface area contributed by atoms with Crippen molar-refractivity contribution in [2.45, 2.75) is 6.42 Å². The van der Waals surface area contributed by atoms with Gasteiger partial charge in [-0.15, -0.1) is 12.4 Å². The van der Waals surface area contributed by atoms with E-state index in [2.05, 4.69) is 15.5 Å². The van der Waals surface area contributed by atoms with E-state index in [0.29, 0.717) is 12.1 Å². The minimum absolute atomic E-state index is 0. The lowest BCUT2D eigenvalue weighted by atomic mass is 10.1. The number of carbonyl (C=O) groups is 1. The summed E-state index contributed by atoms with van der Waals surface area (Å²) in [4.78, 5) is 14.6. The Hall–Kier alpha value is -1.56. The van der Waals surface area contributed by atoms with Crippen LogP contribution in [0.15, 0.2) is 34.9 Å². The molecule has 2 heterocycles. The Morgan fingerprint density at radius 1 is 1.27 bits per heavy atom. The van der Waals surface area contributed by atoms with Gasteiger partial charge in [-0.25, -0.2) is 0 Å². The Morgan fingerprint density at radius 3 is 2.86 bits per heavy atom. The number of para-hydroxylation sites is 1. The third-order valence-electron chi connectivity index (χ3n) is 3.87. The monoisotopic (exact) mass is 323 g/mol. The molecule has 0 radical (unpaired) electrons. The molecule has 2 N–H and O–H groups in total. The zero-order valence-electron chi connectivity index (χ0n) is 12.5. The maximum absolute atomic E-state index is 12.2. The highest BCUT2D eigenvalue weighted by Gasteiger charge is 2.13. The van der Waals surface area contributed by atoms with E-state index in [9.17, 15) is 4.79 Å². The lowest BCUT2D eigenvalue weighted by Crippen LogP contribution is -2.44. The van der Waals surface area contributed by atoms with Crippen LogP contribution in [0.4, 0.5) is 0 Å². The molecule has 5 nitrogen and oxygen atoms in total. The summed E-state index contributed by atoms with van der Waals surface area (Å²) >= 11 is 0. The second-order valence-corrected chi connectivity index (χ2v) is 5.35. The normalized spacial score (nSPS) is 15.5. The first-order valence-electron chi connectivity index (χ1n) is 7.52. The summed E-state index contributed by atoms with van der Waals surface area (Å²) in [6.07, 6.45) is 2.51. The number of amides is 1. The smallest absolute Gasteiger partial charge is 0.255 e. The molecule has 6 heteroatoms. The van der Waals surface area contributed by atoms with E-state index in [1.165, 1.54) is 6.26 Å². The van der Waals surface area contributed by atoms with E-state index in [-0.39, 0.29) is 18.3 Å². The van der Waals surface area contributed by atoms with E-state index in [1.54, 1.807) is 0 Å². The average Bonchev–Trinajstić information content (AvgIpc) is 2.96. The van der Waals surface area contributed by atoms with Gasteiger partial charge in [0.2, 0.25) is 0 Å². The number of benzene rings is 1. The van der Waals surface area contributed by atoms with Crippen LogP contribution in [0.5, 0.6) is 0 Å². The summed E-state index contributed by atoms with van der Waals surface area (Å²) in [5, 5.41) is 7.18. The second kappa shape index (κ2) is 8.17. The molecule has 2 aromatic rings. The molecule has 0 bridgehead atoms. The van der Waals surface area contributed by atoms with Crippen molar-refractivity contribution in [3.8, 4) is 0 Å². The highest BCUT2D eigenvalue weighted by Crippen LogP contribution is 2.20. The minimum atomic E-state index is -0.0553. The molecule has 120 valence electrons. The molecule has 0 spiro atoms. The van der Waals surface area contributed by atoms with Crippen LogP contribution in [0.25, 0.3) is 11.0 Å². The number of halogens is 1. The van der Waals surface area contributed by atoms with Gasteiger partial charge in [-0.2, -0.15) is 0 Å². The first kappa shape index (κ1) is 16.8. The van der Waals surface area contributed by atoms with Crippen LogP contribution in [0, 0.1) is 0 Å². The molecule has 1 aromatic carbocycles. The summed E-state index contributed by atoms with van der Waals surface area (Å²) < 4.78 is 5.40. The average molecular weight is 324 g/mol. The second-order valence-electron chi connectivity index (χ2n) is 5.35. The van der Waals surface area contributed by atoms with Gasteiger partial charge >= 0.3 is 0 Å². The zero-order valence-corrected chi connectivity index (χ0v) is 13.3. The van der Waals surface area contributed by atoms with E-state index in [1.807, 2.05) is 24.3 Å². The molecule has 1 aromatic heterocycles. The minimum Gasteiger partial charge on any atom is -0.463 e. The molecule has 22 heavy (non-hydrogen) atoms. The van der Waals surface area contributed by atoms with E-state index in [4.69, 9.17) is 4.42 Å². The van der Waals surface area contributed by atoms with Gasteiger partial charge in [0.05, 0.1) is 5.56 Å². The molecule has 1 amide bonds. The van der Waals surface area contributed by atoms with Crippen LogP contribution >= 0.6 is 12.4 Å². The summed E-state index contributed by atoms with van der Waals surface area (Å²) in [6.45, 7) is 6.05. The van der Waals surface area contributed by atoms with Gasteiger partial charge in [0, 0.05) is 38.1 Å². The number of rotatable bonds is 5. The molecule has 0 saturated carbocycles. The predicted molar refractivity (Wildman–Crippen MR) is 89.7 cm³/mol. The summed E-state index contributed by atoms with van der Waals surface area (Å²) in [5.41, 5.74) is 1.37. The molecule has 0 atom stereocenters. The Labute approximate surface area is 136 Å². The van der Waals surface area contributed by atoms with E-state index < -0.39 is 0 Å². The number of piperazine rings is 1. The molecule has 0 aliphatic carbocycles. The van der Waals surface area contributed by atoms with Crippen molar-refractivity contribution < 1.29 is 9.21 Å². The Kier molecular flexibility index (Phi) is 6.24. The Bertz CT molecular complexity index is 608. The Balaban J connectivity index is 0.00000176. The maximum atomic E-state index is 12.2. The molecule has 1 fully saturated rings. The fourth-order valence-electron chi connectivity index (χ4n) is 2.69. The van der Waals surface area contributed by atoms with Crippen molar-refractivity contribution in [1.29, 1.82) is 0 Å². The maximum Gasteiger partial charge on any atom is 0.255 e. The first-order chi connectivity index (χ1) is 10.3. The van der Waals surface area contributed by atoms with Gasteiger partial charge in [0.1, 0.15) is 11.8 Å². The highest BCUT2D eigenvalue weighted by atomic mass is 35.5. The predicted octanol–water partition coefficient (Wildman–Crippen LogP) is 1.88. The van der Waals surface area contributed by atoms with Crippen LogP contribution in [0.3, 0.4) is 0 Å². The lowest BCUT2D eigenvalue weighted by Gasteiger charge is -2.27. The van der Waals surface area contributed by atoms with Crippen molar-refractivity contribution in [3.05, 3.63) is 36.1 Å². The van der Waals surface area contributed by atoms with Crippen LogP contribution < -0.4 is 10.6 Å². The SMILES string of the molecule is Cl.O=C(NCCCN1CCNCC1)c1coc2ccccc12. The number of nitrogens with zero attached hydrogens (tertiary/aromatic N) is 1. The molecule has 1 aliphatic heterocycles. The van der Waals surface area contributed by atoms with Crippen LogP contribution in [-0.4, -0.2) is 50.1 Å². The fourth-order valence-corrected chi connectivity index (χ4v) is 2.69. The van der Waals surface area contributed by atoms with Crippen molar-refractivity contribution in [2.75, 3.05) is 39.3 Å². The zero-order chi connectivity index (χ0) is 14.5. The van der Waals surface area contributed by atoms with E-state index in [0.717, 1.165) is 50.1 Å². The van der Waals surface area contributed by atoms with Crippen molar-refractivity contribution in [1.82, 2.24) is 15.5 Å². The fraction of sp³-hybridized carbons (Fsp3) is 0.438. The summed E-state index contributed by atoms with van der Waals surface area (Å²) in [7, 11) is 0. The third kappa shape index (κ3) is 4.00. The third-order valence-corrected chi connectivity index (χ3v) is 3.87. The van der Waals surface area contributed by atoms with Crippen LogP contribution in [0.1, 0.15) is 16.8 Å². The molecule has 1 aliphatic rings. The van der Waals surface area contributed by atoms with Gasteiger partial charge in [-0.1, -0.05) is 18.2 Å². The number of nitrogens with one attached hydrogen (secondary N) is 2. The summed E-state index contributed by atoms with van der Waals surface area (Å²) in [5.74, 6) is -0.0553. The molecule has 0 unspecified atom stereocenters. The standard InChI is InChI=1S/C16H21N3O2.ClH/c20-16(14-12-21-15-5-2-1-4-13(14)15)18-6-3-9-19-10-7-17-8-11-19;/h1-2,4-5,12,17H,3,6-11H2,(H,18,20);1H. The number of furan rings is 1. The molecular formula is C16H22ClN3O2. The number of hydrogen-bond acceptors (Lipinski definition) is 4. The van der Waals surface area contributed by atoms with Gasteiger partial charge in [-0.05, 0) is 19.0 Å². The molecule has 3 rings (SSSR count). The first-order valence-corrected chi connectivity index (χ1v) is 7.52. The number of carbonyl (C=O) groups excluding carboxylic acids is 1. The van der Waals surface area contributed by atoms with Crippen molar-refractivity contribution >= 4 is 29.3 Å². The molecule has 1 saturated heterocycles. The topological polar surface area (TPSA) is 57.5 Å². The Morgan fingerprint density at radius 2 is 2.05 bits per heavy atom. The van der Waals surface area contributed by atoms with Gasteiger partial charge < -0.3 is 20.0 Å². The number of hydrogen-bond donors (Lipinski definition) is 2. The lowest BCUT2D eigenvalue weighted by molar-refractivity contribution is 0.0952. The van der Waals surface area contributed by atoms with Gasteiger partial charge in [0.25, 0.3) is 5.91 Å². The largest absolute Gasteiger partial charge is 0.463 e. The summed E-state index contributed by atoms with van der Waals surface area (Å²) in [6, 6.07) is 7.60. The van der Waals surface area contributed by atoms with Crippen LogP contribution in [-0.2, 0) is 0 Å². The van der Waals surface area contributed by atoms with Gasteiger partial charge in [0.15, 0.2) is 0 Å².